The maximum atomic E-state index is 12.4. The second-order valence-corrected chi connectivity index (χ2v) is 8.60. The summed E-state index contributed by atoms with van der Waals surface area (Å²) in [6, 6.07) is 9.46. The molecule has 0 saturated carbocycles. The standard InChI is InChI=1S/C14H8F6Ge.C4H8O/c15-13(16,17)9-1-5-11(6-2-9)21-12-7-3-10(4-8-12)14(18,19)20;1-2-4-5-3-1/h1-8H;1-4H2/p+1. The Morgan fingerprint density at radius 2 is 0.962 bits per heavy atom. The van der Waals surface area contributed by atoms with E-state index in [-0.39, 0.29) is 0 Å². The van der Waals surface area contributed by atoms with Gasteiger partial charge in [-0.2, -0.15) is 0 Å². The molecule has 1 N–H and O–H groups in total. The molecule has 140 valence electrons. The normalized spacial score (nSPS) is 14.7. The fourth-order valence-electron chi connectivity index (χ4n) is 2.21. The van der Waals surface area contributed by atoms with Crippen molar-refractivity contribution in [3.63, 3.8) is 0 Å². The second-order valence-electron chi connectivity index (χ2n) is 5.65. The first-order valence-corrected chi connectivity index (χ1v) is 10.0. The molecule has 0 atom stereocenters. The van der Waals surface area contributed by atoms with Crippen LogP contribution in [0.3, 0.4) is 0 Å². The zero-order chi connectivity index (χ0) is 19.2. The molecular weight excluding hydrogens is 419 g/mol. The Morgan fingerprint density at radius 1 is 0.615 bits per heavy atom. The molecule has 1 fully saturated rings. The zero-order valence-corrected chi connectivity index (χ0v) is 15.8. The molecule has 2 aromatic carbocycles. The number of ether oxygens (including phenoxy) is 1. The fourth-order valence-corrected chi connectivity index (χ4v) is 4.31. The summed E-state index contributed by atoms with van der Waals surface area (Å²) >= 11 is -0.952. The first-order valence-electron chi connectivity index (χ1n) is 7.91. The van der Waals surface area contributed by atoms with E-state index < -0.39 is 38.9 Å². The first-order chi connectivity index (χ1) is 12.2. The summed E-state index contributed by atoms with van der Waals surface area (Å²) in [5, 5.41) is 0. The fraction of sp³-hybridized carbons (Fsp3) is 0.333. The van der Waals surface area contributed by atoms with Gasteiger partial charge in [0.1, 0.15) is 13.2 Å². The molecule has 2 aromatic rings. The Kier molecular flexibility index (Phi) is 7.17. The predicted molar refractivity (Wildman–Crippen MR) is 89.1 cm³/mol. The number of halogens is 6. The van der Waals surface area contributed by atoms with E-state index >= 15 is 0 Å². The van der Waals surface area contributed by atoms with E-state index in [1.54, 1.807) is 0 Å². The minimum atomic E-state index is -4.38. The number of alkyl halides is 6. The number of aliphatic hydroxyl groups is 2. The summed E-state index contributed by atoms with van der Waals surface area (Å²) in [7, 11) is 0. The molecule has 1 aliphatic rings. The quantitative estimate of drug-likeness (QED) is 0.388. The molecule has 0 unspecified atom stereocenters. The average Bonchev–Trinajstić information content (AvgIpc) is 3.14. The number of hydrogen-bond acceptors (Lipinski definition) is 0. The van der Waals surface area contributed by atoms with E-state index in [0.717, 1.165) is 46.3 Å². The molecule has 3 rings (SSSR count). The van der Waals surface area contributed by atoms with E-state index in [9.17, 15) is 26.3 Å². The third kappa shape index (κ3) is 6.68. The summed E-state index contributed by atoms with van der Waals surface area (Å²) in [5.74, 6) is 0. The molecule has 0 aliphatic carbocycles. The van der Waals surface area contributed by atoms with Crippen LogP contribution in [-0.2, 0) is 12.4 Å². The molecule has 2 radical (unpaired) electrons. The van der Waals surface area contributed by atoms with Crippen molar-refractivity contribution >= 4 is 24.2 Å². The van der Waals surface area contributed by atoms with Gasteiger partial charge in [-0.3, -0.25) is 0 Å². The molecule has 1 heterocycles. The Balaban J connectivity index is 0.000000417. The maximum absolute atomic E-state index is 12.4. The number of hydrogen-bond donors (Lipinski definition) is 0. The average molecular weight is 436 g/mol. The third-order valence-electron chi connectivity index (χ3n) is 3.60. The van der Waals surface area contributed by atoms with Crippen molar-refractivity contribution in [2.45, 2.75) is 25.2 Å². The van der Waals surface area contributed by atoms with Gasteiger partial charge in [-0.1, -0.05) is 0 Å². The second kappa shape index (κ2) is 8.95. The number of benzene rings is 2. The first kappa shape index (κ1) is 20.8. The molecule has 8 heteroatoms. The van der Waals surface area contributed by atoms with E-state index in [1.807, 2.05) is 0 Å². The Labute approximate surface area is 153 Å². The topological polar surface area (TPSA) is 12.8 Å². The zero-order valence-electron chi connectivity index (χ0n) is 13.7. The van der Waals surface area contributed by atoms with Crippen molar-refractivity contribution in [3.05, 3.63) is 59.7 Å². The van der Waals surface area contributed by atoms with Crippen molar-refractivity contribution < 1.29 is 31.1 Å². The van der Waals surface area contributed by atoms with Crippen LogP contribution in [0.4, 0.5) is 26.3 Å². The summed E-state index contributed by atoms with van der Waals surface area (Å²) in [6.07, 6.45) is -6.10. The monoisotopic (exact) mass is 437 g/mol. The summed E-state index contributed by atoms with van der Waals surface area (Å²) in [5.41, 5.74) is -1.46. The number of rotatable bonds is 2. The van der Waals surface area contributed by atoms with Crippen LogP contribution in [0.15, 0.2) is 48.5 Å². The Hall–Kier alpha value is -1.48. The van der Waals surface area contributed by atoms with Gasteiger partial charge in [0.15, 0.2) is 0 Å². The van der Waals surface area contributed by atoms with Gasteiger partial charge in [0, 0.05) is 12.8 Å². The van der Waals surface area contributed by atoms with Crippen LogP contribution in [0.5, 0.6) is 0 Å². The van der Waals surface area contributed by atoms with Crippen molar-refractivity contribution in [1.29, 1.82) is 0 Å². The molecule has 1 nitrogen and oxygen atoms in total. The third-order valence-corrected chi connectivity index (χ3v) is 6.21. The van der Waals surface area contributed by atoms with Crippen molar-refractivity contribution in [2.24, 2.45) is 0 Å². The Bertz CT molecular complexity index is 610. The molecule has 1 saturated heterocycles. The van der Waals surface area contributed by atoms with Crippen LogP contribution in [-0.4, -0.2) is 33.4 Å². The van der Waals surface area contributed by atoms with Gasteiger partial charge < -0.3 is 4.74 Å². The van der Waals surface area contributed by atoms with Gasteiger partial charge in [-0.25, -0.2) is 0 Å². The van der Waals surface area contributed by atoms with Gasteiger partial charge in [0.25, 0.3) is 0 Å². The van der Waals surface area contributed by atoms with Crippen molar-refractivity contribution in [2.75, 3.05) is 13.2 Å². The van der Waals surface area contributed by atoms with Gasteiger partial charge in [0.05, 0.1) is 0 Å². The van der Waals surface area contributed by atoms with Gasteiger partial charge in [-0.05, 0) is 0 Å². The van der Waals surface area contributed by atoms with E-state index in [4.69, 9.17) is 0 Å². The Morgan fingerprint density at radius 3 is 1.19 bits per heavy atom. The van der Waals surface area contributed by atoms with Crippen LogP contribution in [0.1, 0.15) is 24.0 Å². The van der Waals surface area contributed by atoms with Gasteiger partial charge in [-0.15, -0.1) is 0 Å². The van der Waals surface area contributed by atoms with Crippen molar-refractivity contribution in [1.82, 2.24) is 0 Å². The molecule has 26 heavy (non-hydrogen) atoms. The van der Waals surface area contributed by atoms with Gasteiger partial charge in [0.2, 0.25) is 0 Å². The SMILES string of the molecule is C1CC[OH+]C1.FC(F)(F)c1cc[c]([Ge][c]2ccc(C(F)(F)F)cc2)cc1. The van der Waals surface area contributed by atoms with Crippen LogP contribution in [0, 0.1) is 0 Å². The van der Waals surface area contributed by atoms with E-state index in [2.05, 4.69) is 4.74 Å². The molecule has 0 spiro atoms. The summed E-state index contributed by atoms with van der Waals surface area (Å²) in [4.78, 5) is 0. The van der Waals surface area contributed by atoms with Crippen LogP contribution in [0.25, 0.3) is 0 Å². The van der Waals surface area contributed by atoms with Gasteiger partial charge >= 0.3 is 123 Å². The molecule has 0 aromatic heterocycles. The van der Waals surface area contributed by atoms with Crippen LogP contribution in [0.2, 0.25) is 0 Å². The van der Waals surface area contributed by atoms with Crippen molar-refractivity contribution in [3.8, 4) is 0 Å². The molecular formula is C18H17F6GeO+. The predicted octanol–water partition coefficient (Wildman–Crippen LogP) is 3.69. The molecule has 0 amide bonds. The molecule has 1 aliphatic heterocycles. The summed E-state index contributed by atoms with van der Waals surface area (Å²) < 4.78 is 80.0. The van der Waals surface area contributed by atoms with E-state index in [0.29, 0.717) is 0 Å². The van der Waals surface area contributed by atoms with Crippen LogP contribution < -0.4 is 8.79 Å². The summed E-state index contributed by atoms with van der Waals surface area (Å²) in [6.45, 7) is 2.25. The van der Waals surface area contributed by atoms with E-state index in [1.165, 1.54) is 37.1 Å². The van der Waals surface area contributed by atoms with Crippen LogP contribution >= 0.6 is 0 Å². The molecule has 0 bridgehead atoms. The minimum absolute atomic E-state index is 0.725.